The molecule has 0 saturated carbocycles. The number of carbonyl (C=O) groups is 1. The van der Waals surface area contributed by atoms with Gasteiger partial charge in [-0.05, 0) is 18.6 Å². The minimum atomic E-state index is -0.462. The maximum atomic E-state index is 13.0. The molecule has 80 valence electrons. The predicted octanol–water partition coefficient (Wildman–Crippen LogP) is 2.98. The highest BCUT2D eigenvalue weighted by Crippen LogP contribution is 2.17. The van der Waals surface area contributed by atoms with Crippen LogP contribution in [0.2, 0.25) is 0 Å². The van der Waals surface area contributed by atoms with Crippen molar-refractivity contribution in [2.45, 2.75) is 12.8 Å². The van der Waals surface area contributed by atoms with Crippen LogP contribution in [0.15, 0.2) is 30.9 Å². The summed E-state index contributed by atoms with van der Waals surface area (Å²) >= 11 is 0. The summed E-state index contributed by atoms with van der Waals surface area (Å²) < 4.78 is 17.9. The van der Waals surface area contributed by atoms with Gasteiger partial charge in [-0.2, -0.15) is 0 Å². The Morgan fingerprint density at radius 2 is 2.27 bits per heavy atom. The maximum Gasteiger partial charge on any atom is 0.163 e. The first kappa shape index (κ1) is 11.4. The number of hydrogen-bond acceptors (Lipinski definition) is 2. The fourth-order valence-electron chi connectivity index (χ4n) is 1.22. The highest BCUT2D eigenvalue weighted by atomic mass is 19.1. The molecular weight excluding hydrogens is 195 g/mol. The van der Waals surface area contributed by atoms with Crippen molar-refractivity contribution >= 4 is 5.78 Å². The van der Waals surface area contributed by atoms with Crippen LogP contribution in [-0.4, -0.2) is 12.9 Å². The Hall–Kier alpha value is -1.64. The molecule has 0 aliphatic rings. The van der Waals surface area contributed by atoms with E-state index in [1.807, 2.05) is 0 Å². The summed E-state index contributed by atoms with van der Waals surface area (Å²) in [6, 6.07) is 3.99. The van der Waals surface area contributed by atoms with E-state index in [-0.39, 0.29) is 5.78 Å². The number of hydrogen-bond donors (Lipinski definition) is 0. The van der Waals surface area contributed by atoms with Gasteiger partial charge in [-0.15, -0.1) is 6.58 Å². The molecule has 0 atom stereocenters. The van der Waals surface area contributed by atoms with Crippen molar-refractivity contribution in [2.75, 3.05) is 7.11 Å². The van der Waals surface area contributed by atoms with Crippen LogP contribution in [-0.2, 0) is 0 Å². The van der Waals surface area contributed by atoms with Crippen LogP contribution in [0.1, 0.15) is 23.2 Å². The molecule has 0 spiro atoms. The van der Waals surface area contributed by atoms with Crippen LogP contribution >= 0.6 is 0 Å². The summed E-state index contributed by atoms with van der Waals surface area (Å²) in [6.45, 7) is 3.53. The van der Waals surface area contributed by atoms with Gasteiger partial charge in [0.25, 0.3) is 0 Å². The standard InChI is InChI=1S/C12H13FO2/c1-3-4-5-12(14)9-6-10(13)8-11(7-9)15-2/h3,6-8H,1,4-5H2,2H3. The van der Waals surface area contributed by atoms with Crippen LogP contribution in [0.3, 0.4) is 0 Å². The summed E-state index contributed by atoms with van der Waals surface area (Å²) in [6.07, 6.45) is 2.60. The smallest absolute Gasteiger partial charge is 0.163 e. The summed E-state index contributed by atoms with van der Waals surface area (Å²) in [7, 11) is 1.44. The molecule has 15 heavy (non-hydrogen) atoms. The summed E-state index contributed by atoms with van der Waals surface area (Å²) in [5.41, 5.74) is 0.341. The van der Waals surface area contributed by atoms with Crippen LogP contribution in [0.4, 0.5) is 4.39 Å². The van der Waals surface area contributed by atoms with Crippen molar-refractivity contribution in [1.29, 1.82) is 0 Å². The Morgan fingerprint density at radius 3 is 2.87 bits per heavy atom. The average Bonchev–Trinajstić information content (AvgIpc) is 2.24. The highest BCUT2D eigenvalue weighted by Gasteiger charge is 2.08. The Labute approximate surface area is 88.4 Å². The van der Waals surface area contributed by atoms with E-state index in [1.165, 1.54) is 25.3 Å². The lowest BCUT2D eigenvalue weighted by atomic mass is 10.1. The number of allylic oxidation sites excluding steroid dienone is 1. The summed E-state index contributed by atoms with van der Waals surface area (Å²) in [4.78, 5) is 11.6. The zero-order valence-electron chi connectivity index (χ0n) is 8.63. The molecule has 0 saturated heterocycles. The normalized spacial score (nSPS) is 9.73. The van der Waals surface area contributed by atoms with Gasteiger partial charge in [0.15, 0.2) is 5.78 Å². The van der Waals surface area contributed by atoms with Gasteiger partial charge < -0.3 is 4.74 Å². The number of carbonyl (C=O) groups excluding carboxylic acids is 1. The lowest BCUT2D eigenvalue weighted by Crippen LogP contribution is -1.99. The Kier molecular flexibility index (Phi) is 4.03. The molecule has 0 aromatic heterocycles. The van der Waals surface area contributed by atoms with E-state index < -0.39 is 5.82 Å². The van der Waals surface area contributed by atoms with Gasteiger partial charge in [0.1, 0.15) is 11.6 Å². The van der Waals surface area contributed by atoms with Gasteiger partial charge >= 0.3 is 0 Å². The predicted molar refractivity (Wildman–Crippen MR) is 56.7 cm³/mol. The Bertz CT molecular complexity index is 372. The lowest BCUT2D eigenvalue weighted by molar-refractivity contribution is 0.0983. The van der Waals surface area contributed by atoms with Crippen LogP contribution < -0.4 is 4.74 Å². The second-order valence-corrected chi connectivity index (χ2v) is 3.13. The molecule has 0 fully saturated rings. The molecular formula is C12H13FO2. The van der Waals surface area contributed by atoms with Crippen molar-refractivity contribution in [3.05, 3.63) is 42.2 Å². The number of ether oxygens (including phenoxy) is 1. The monoisotopic (exact) mass is 208 g/mol. The third-order valence-corrected chi connectivity index (χ3v) is 2.00. The molecule has 0 radical (unpaired) electrons. The van der Waals surface area contributed by atoms with Gasteiger partial charge in [-0.25, -0.2) is 4.39 Å². The lowest BCUT2D eigenvalue weighted by Gasteiger charge is -2.03. The van der Waals surface area contributed by atoms with Crippen LogP contribution in [0.25, 0.3) is 0 Å². The van der Waals surface area contributed by atoms with Crippen molar-refractivity contribution < 1.29 is 13.9 Å². The van der Waals surface area contributed by atoms with Crippen molar-refractivity contribution in [3.63, 3.8) is 0 Å². The van der Waals surface area contributed by atoms with E-state index >= 15 is 0 Å². The zero-order chi connectivity index (χ0) is 11.3. The summed E-state index contributed by atoms with van der Waals surface area (Å²) in [5.74, 6) is -0.207. The number of methoxy groups -OCH3 is 1. The van der Waals surface area contributed by atoms with Gasteiger partial charge in [0.2, 0.25) is 0 Å². The SMILES string of the molecule is C=CCCC(=O)c1cc(F)cc(OC)c1. The quantitative estimate of drug-likeness (QED) is 0.549. The van der Waals surface area contributed by atoms with Gasteiger partial charge in [-0.3, -0.25) is 4.79 Å². The third-order valence-electron chi connectivity index (χ3n) is 2.00. The Morgan fingerprint density at radius 1 is 1.53 bits per heavy atom. The first-order valence-electron chi connectivity index (χ1n) is 4.66. The molecule has 0 amide bonds. The van der Waals surface area contributed by atoms with E-state index in [9.17, 15) is 9.18 Å². The molecule has 0 heterocycles. The highest BCUT2D eigenvalue weighted by molar-refractivity contribution is 5.96. The second kappa shape index (κ2) is 5.29. The van der Waals surface area contributed by atoms with Gasteiger partial charge in [0.05, 0.1) is 7.11 Å². The van der Waals surface area contributed by atoms with Gasteiger partial charge in [-0.1, -0.05) is 6.08 Å². The zero-order valence-corrected chi connectivity index (χ0v) is 8.63. The molecule has 3 heteroatoms. The largest absolute Gasteiger partial charge is 0.497 e. The number of rotatable bonds is 5. The number of benzene rings is 1. The van der Waals surface area contributed by atoms with Crippen molar-refractivity contribution in [3.8, 4) is 5.75 Å². The first-order chi connectivity index (χ1) is 7.17. The summed E-state index contributed by atoms with van der Waals surface area (Å²) in [5, 5.41) is 0. The molecule has 0 unspecified atom stereocenters. The molecule has 0 aliphatic carbocycles. The Balaban J connectivity index is 2.88. The van der Waals surface area contributed by atoms with Gasteiger partial charge in [0, 0.05) is 18.1 Å². The molecule has 0 bridgehead atoms. The topological polar surface area (TPSA) is 26.3 Å². The van der Waals surface area contributed by atoms with Crippen molar-refractivity contribution in [2.24, 2.45) is 0 Å². The molecule has 1 rings (SSSR count). The molecule has 1 aromatic carbocycles. The first-order valence-corrected chi connectivity index (χ1v) is 4.66. The van der Waals surface area contributed by atoms with Crippen LogP contribution in [0.5, 0.6) is 5.75 Å². The van der Waals surface area contributed by atoms with Crippen molar-refractivity contribution in [1.82, 2.24) is 0 Å². The third kappa shape index (κ3) is 3.20. The van der Waals surface area contributed by atoms with E-state index in [2.05, 4.69) is 6.58 Å². The number of ketones is 1. The fourth-order valence-corrected chi connectivity index (χ4v) is 1.22. The van der Waals surface area contributed by atoms with E-state index in [1.54, 1.807) is 6.08 Å². The minimum absolute atomic E-state index is 0.104. The van der Waals surface area contributed by atoms with E-state index in [4.69, 9.17) is 4.74 Å². The molecule has 0 N–H and O–H groups in total. The van der Waals surface area contributed by atoms with Crippen LogP contribution in [0, 0.1) is 5.82 Å². The molecule has 2 nitrogen and oxygen atoms in total. The number of halogens is 1. The van der Waals surface area contributed by atoms with E-state index in [0.29, 0.717) is 24.2 Å². The van der Waals surface area contributed by atoms with E-state index in [0.717, 1.165) is 0 Å². The second-order valence-electron chi connectivity index (χ2n) is 3.13. The molecule has 0 aliphatic heterocycles. The average molecular weight is 208 g/mol. The number of Topliss-reactive ketones (excluding diaryl/α,β-unsaturated/α-hetero) is 1. The fraction of sp³-hybridized carbons (Fsp3) is 0.250. The minimum Gasteiger partial charge on any atom is -0.497 e. The molecule has 1 aromatic rings. The maximum absolute atomic E-state index is 13.0.